The van der Waals surface area contributed by atoms with Gasteiger partial charge in [-0.2, -0.15) is 0 Å². The summed E-state index contributed by atoms with van der Waals surface area (Å²) in [7, 11) is 0. The van der Waals surface area contributed by atoms with Gasteiger partial charge in [0.25, 0.3) is 0 Å². The van der Waals surface area contributed by atoms with Crippen molar-refractivity contribution in [3.8, 4) is 0 Å². The summed E-state index contributed by atoms with van der Waals surface area (Å²) in [6, 6.07) is 0. The first-order valence-corrected chi connectivity index (χ1v) is 4.13. The van der Waals surface area contributed by atoms with Gasteiger partial charge in [0.15, 0.2) is 0 Å². The summed E-state index contributed by atoms with van der Waals surface area (Å²) in [6.07, 6.45) is 0. The predicted molar refractivity (Wildman–Crippen MR) is 46.5 cm³/mol. The van der Waals surface area contributed by atoms with E-state index in [1.807, 2.05) is 0 Å². The van der Waals surface area contributed by atoms with Gasteiger partial charge in [-0.05, 0) is 0 Å². The van der Waals surface area contributed by atoms with Crippen LogP contribution in [-0.2, 0) is 0 Å². The first kappa shape index (κ1) is 7.61. The van der Waals surface area contributed by atoms with Crippen molar-refractivity contribution in [2.45, 2.75) is 0 Å². The molecule has 0 aromatic carbocycles. The van der Waals surface area contributed by atoms with Crippen LogP contribution in [0.4, 0.5) is 0 Å². The van der Waals surface area contributed by atoms with E-state index in [1.165, 1.54) is 0 Å². The fourth-order valence-corrected chi connectivity index (χ4v) is 1.64. The van der Waals surface area contributed by atoms with Gasteiger partial charge in [-0.1, -0.05) is 6.58 Å². The average molecular weight is 154 g/mol. The molecular weight excluding hydrogens is 144 g/mol. The van der Waals surface area contributed by atoms with Crippen molar-refractivity contribution in [1.29, 1.82) is 0 Å². The minimum Gasteiger partial charge on any atom is -0.326 e. The molecule has 1 heterocycles. The van der Waals surface area contributed by atoms with E-state index >= 15 is 0 Å². The molecule has 0 amide bonds. The molecule has 0 spiro atoms. The SMILES string of the molecule is C=C=C(CN)C1=NCCS1. The highest BCUT2D eigenvalue weighted by molar-refractivity contribution is 8.14. The number of rotatable bonds is 2. The molecule has 2 nitrogen and oxygen atoms in total. The van der Waals surface area contributed by atoms with Gasteiger partial charge in [0, 0.05) is 24.4 Å². The fraction of sp³-hybridized carbons (Fsp3) is 0.429. The van der Waals surface area contributed by atoms with Crippen LogP contribution in [-0.4, -0.2) is 23.9 Å². The van der Waals surface area contributed by atoms with Crippen molar-refractivity contribution in [3.05, 3.63) is 17.9 Å². The van der Waals surface area contributed by atoms with Crippen LogP contribution >= 0.6 is 11.8 Å². The van der Waals surface area contributed by atoms with E-state index in [1.54, 1.807) is 11.8 Å². The second-order valence-electron chi connectivity index (χ2n) is 1.89. The van der Waals surface area contributed by atoms with Crippen LogP contribution in [0.5, 0.6) is 0 Å². The molecule has 0 bridgehead atoms. The maximum absolute atomic E-state index is 5.43. The zero-order valence-electron chi connectivity index (χ0n) is 5.76. The van der Waals surface area contributed by atoms with E-state index in [0.717, 1.165) is 22.9 Å². The van der Waals surface area contributed by atoms with E-state index in [9.17, 15) is 0 Å². The minimum absolute atomic E-state index is 0.495. The maximum atomic E-state index is 5.43. The Balaban J connectivity index is 2.71. The lowest BCUT2D eigenvalue weighted by Crippen LogP contribution is -2.07. The standard InChI is InChI=1S/C7H10N2S/c1-2-6(5-8)7-9-3-4-10-7/h1,3-5,8H2. The zero-order valence-corrected chi connectivity index (χ0v) is 6.58. The molecule has 0 aromatic rings. The van der Waals surface area contributed by atoms with Gasteiger partial charge in [-0.15, -0.1) is 17.5 Å². The zero-order chi connectivity index (χ0) is 7.40. The largest absolute Gasteiger partial charge is 0.326 e. The van der Waals surface area contributed by atoms with Crippen molar-refractivity contribution in [2.75, 3.05) is 18.8 Å². The van der Waals surface area contributed by atoms with Gasteiger partial charge in [0.2, 0.25) is 0 Å². The lowest BCUT2D eigenvalue weighted by atomic mass is 10.3. The van der Waals surface area contributed by atoms with Crippen molar-refractivity contribution in [2.24, 2.45) is 10.7 Å². The van der Waals surface area contributed by atoms with E-state index in [-0.39, 0.29) is 0 Å². The highest BCUT2D eigenvalue weighted by Gasteiger charge is 2.09. The highest BCUT2D eigenvalue weighted by Crippen LogP contribution is 2.16. The Morgan fingerprint density at radius 1 is 1.90 bits per heavy atom. The fourth-order valence-electron chi connectivity index (χ4n) is 0.753. The van der Waals surface area contributed by atoms with Crippen molar-refractivity contribution in [1.82, 2.24) is 0 Å². The lowest BCUT2D eigenvalue weighted by molar-refractivity contribution is 1.16. The van der Waals surface area contributed by atoms with E-state index in [4.69, 9.17) is 5.73 Å². The second kappa shape index (κ2) is 3.62. The number of nitrogens with two attached hydrogens (primary N) is 1. The monoisotopic (exact) mass is 154 g/mol. The summed E-state index contributed by atoms with van der Waals surface area (Å²) in [5, 5.41) is 1.03. The van der Waals surface area contributed by atoms with Crippen LogP contribution in [0.1, 0.15) is 0 Å². The third kappa shape index (κ3) is 1.51. The third-order valence-corrected chi connectivity index (χ3v) is 2.30. The van der Waals surface area contributed by atoms with Crippen LogP contribution in [0.3, 0.4) is 0 Å². The quantitative estimate of drug-likeness (QED) is 0.597. The number of hydrogen-bond donors (Lipinski definition) is 1. The number of hydrogen-bond acceptors (Lipinski definition) is 3. The Bertz CT molecular complexity index is 202. The Labute approximate surface area is 64.9 Å². The third-order valence-electron chi connectivity index (χ3n) is 1.26. The van der Waals surface area contributed by atoms with Gasteiger partial charge in [-0.3, -0.25) is 4.99 Å². The molecule has 3 heteroatoms. The number of aliphatic imine (C=N–C) groups is 1. The predicted octanol–water partition coefficient (Wildman–Crippen LogP) is 0.802. The molecule has 1 aliphatic heterocycles. The summed E-state index contributed by atoms with van der Waals surface area (Å²) in [6.45, 7) is 4.94. The van der Waals surface area contributed by atoms with Crippen molar-refractivity contribution >= 4 is 16.8 Å². The lowest BCUT2D eigenvalue weighted by Gasteiger charge is -1.97. The molecule has 0 saturated heterocycles. The van der Waals surface area contributed by atoms with E-state index in [0.29, 0.717) is 6.54 Å². The molecule has 10 heavy (non-hydrogen) atoms. The van der Waals surface area contributed by atoms with Gasteiger partial charge in [-0.25, -0.2) is 0 Å². The van der Waals surface area contributed by atoms with Crippen molar-refractivity contribution < 1.29 is 0 Å². The van der Waals surface area contributed by atoms with Crippen LogP contribution in [0.25, 0.3) is 0 Å². The van der Waals surface area contributed by atoms with Crippen LogP contribution in [0, 0.1) is 0 Å². The molecule has 1 rings (SSSR count). The van der Waals surface area contributed by atoms with Gasteiger partial charge < -0.3 is 5.73 Å². The normalized spacial score (nSPS) is 16.3. The summed E-state index contributed by atoms with van der Waals surface area (Å²) < 4.78 is 0. The highest BCUT2D eigenvalue weighted by atomic mass is 32.2. The Morgan fingerprint density at radius 2 is 2.70 bits per heavy atom. The van der Waals surface area contributed by atoms with Crippen LogP contribution < -0.4 is 5.73 Å². The number of nitrogens with zero attached hydrogens (tertiary/aromatic N) is 1. The Hall–Kier alpha value is -0.500. The molecule has 1 aliphatic rings. The molecule has 54 valence electrons. The van der Waals surface area contributed by atoms with Gasteiger partial charge in [0.05, 0.1) is 0 Å². The summed E-state index contributed by atoms with van der Waals surface area (Å²) in [4.78, 5) is 4.24. The minimum atomic E-state index is 0.495. The number of thioether (sulfide) groups is 1. The molecule has 0 fully saturated rings. The summed E-state index contributed by atoms with van der Waals surface area (Å²) >= 11 is 1.73. The summed E-state index contributed by atoms with van der Waals surface area (Å²) in [5.41, 5.74) is 9.16. The van der Waals surface area contributed by atoms with E-state index in [2.05, 4.69) is 17.3 Å². The molecule has 0 unspecified atom stereocenters. The topological polar surface area (TPSA) is 38.4 Å². The first-order valence-electron chi connectivity index (χ1n) is 3.15. The molecular formula is C7H10N2S. The molecule has 0 aliphatic carbocycles. The summed E-state index contributed by atoms with van der Waals surface area (Å²) in [5.74, 6) is 1.07. The Kier molecular flexibility index (Phi) is 2.75. The van der Waals surface area contributed by atoms with Crippen LogP contribution in [0.2, 0.25) is 0 Å². The van der Waals surface area contributed by atoms with Crippen molar-refractivity contribution in [3.63, 3.8) is 0 Å². The molecule has 0 aromatic heterocycles. The molecule has 0 atom stereocenters. The van der Waals surface area contributed by atoms with Gasteiger partial charge in [0.1, 0.15) is 5.04 Å². The molecule has 2 N–H and O–H groups in total. The van der Waals surface area contributed by atoms with Crippen LogP contribution in [0.15, 0.2) is 22.9 Å². The Morgan fingerprint density at radius 3 is 3.10 bits per heavy atom. The van der Waals surface area contributed by atoms with Gasteiger partial charge >= 0.3 is 0 Å². The molecule has 0 radical (unpaired) electrons. The smallest absolute Gasteiger partial charge is 0.103 e. The first-order chi connectivity index (χ1) is 4.88. The molecule has 0 saturated carbocycles. The second-order valence-corrected chi connectivity index (χ2v) is 2.98. The van der Waals surface area contributed by atoms with E-state index < -0.39 is 0 Å². The maximum Gasteiger partial charge on any atom is 0.103 e. The average Bonchev–Trinajstić information content (AvgIpc) is 2.43.